The molecule has 2 aromatic carbocycles. The molecule has 0 radical (unpaired) electrons. The van der Waals surface area contributed by atoms with Gasteiger partial charge in [0.1, 0.15) is 0 Å². The number of hydrazine groups is 1. The van der Waals surface area contributed by atoms with Gasteiger partial charge in [0.15, 0.2) is 0 Å². The van der Waals surface area contributed by atoms with Crippen molar-refractivity contribution in [3.63, 3.8) is 0 Å². The third kappa shape index (κ3) is 4.95. The minimum atomic E-state index is -0.651. The highest BCUT2D eigenvalue weighted by Gasteiger charge is 2.35. The Morgan fingerprint density at radius 3 is 1.89 bits per heavy atom. The van der Waals surface area contributed by atoms with Crippen LogP contribution in [0.3, 0.4) is 0 Å². The molecule has 7 heteroatoms. The van der Waals surface area contributed by atoms with E-state index in [2.05, 4.69) is 0 Å². The fourth-order valence-corrected chi connectivity index (χ4v) is 3.07. The summed E-state index contributed by atoms with van der Waals surface area (Å²) < 4.78 is 0. The molecule has 0 aliphatic rings. The van der Waals surface area contributed by atoms with Crippen LogP contribution in [0.5, 0.6) is 0 Å². The second-order valence-electron chi connectivity index (χ2n) is 6.94. The molecule has 2 amide bonds. The van der Waals surface area contributed by atoms with E-state index in [0.29, 0.717) is 27.7 Å². The number of hydrogen-bond donors (Lipinski definition) is 0. The first kappa shape index (κ1) is 21.5. The van der Waals surface area contributed by atoms with E-state index in [1.165, 1.54) is 16.1 Å². The van der Waals surface area contributed by atoms with Crippen LogP contribution >= 0.6 is 34.8 Å². The molecule has 0 atom stereocenters. The fraction of sp³-hybridized carbons (Fsp3) is 0.300. The van der Waals surface area contributed by atoms with Crippen LogP contribution in [0.4, 0.5) is 0 Å². The molecule has 0 saturated carbocycles. The normalized spacial score (nSPS) is 11.2. The zero-order chi connectivity index (χ0) is 20.4. The summed E-state index contributed by atoms with van der Waals surface area (Å²) >= 11 is 17.9. The Morgan fingerprint density at radius 2 is 1.41 bits per heavy atom. The van der Waals surface area contributed by atoms with E-state index in [1.807, 2.05) is 27.7 Å². The van der Waals surface area contributed by atoms with Crippen LogP contribution in [0.2, 0.25) is 15.1 Å². The standard InChI is InChI=1S/C20H21Cl3N2O2/c1-5-24(18(26)13-6-9-15(21)10-7-13)25(20(2,3)4)19(27)14-8-11-16(22)17(23)12-14/h6-12H,5H2,1-4H3. The second kappa shape index (κ2) is 8.51. The molecule has 0 spiro atoms. The molecular weight excluding hydrogens is 407 g/mol. The SMILES string of the molecule is CCN(C(=O)c1ccc(Cl)cc1)N(C(=O)c1ccc(Cl)c(Cl)c1)C(C)(C)C. The summed E-state index contributed by atoms with van der Waals surface area (Å²) in [6.45, 7) is 7.71. The highest BCUT2D eigenvalue weighted by atomic mass is 35.5. The van der Waals surface area contributed by atoms with Gasteiger partial charge in [-0.3, -0.25) is 9.59 Å². The first-order chi connectivity index (χ1) is 12.6. The van der Waals surface area contributed by atoms with Crippen molar-refractivity contribution in [3.8, 4) is 0 Å². The quantitative estimate of drug-likeness (QED) is 0.567. The van der Waals surface area contributed by atoms with Gasteiger partial charge in [-0.05, 0) is 70.2 Å². The molecular formula is C20H21Cl3N2O2. The average molecular weight is 428 g/mol. The number of carbonyl (C=O) groups is 2. The van der Waals surface area contributed by atoms with E-state index >= 15 is 0 Å². The summed E-state index contributed by atoms with van der Waals surface area (Å²) in [6.07, 6.45) is 0. The Kier molecular flexibility index (Phi) is 6.79. The second-order valence-corrected chi connectivity index (χ2v) is 8.20. The lowest BCUT2D eigenvalue weighted by Gasteiger charge is -2.43. The minimum Gasteiger partial charge on any atom is -0.267 e. The number of nitrogens with zero attached hydrogens (tertiary/aromatic N) is 2. The molecule has 0 saturated heterocycles. The lowest BCUT2D eigenvalue weighted by Crippen LogP contribution is -2.58. The molecule has 0 aliphatic carbocycles. The molecule has 2 rings (SSSR count). The maximum atomic E-state index is 13.3. The Hall–Kier alpha value is -1.75. The first-order valence-electron chi connectivity index (χ1n) is 8.43. The van der Waals surface area contributed by atoms with E-state index in [9.17, 15) is 9.59 Å². The highest BCUT2D eigenvalue weighted by molar-refractivity contribution is 6.42. The number of amides is 2. The third-order valence-electron chi connectivity index (χ3n) is 3.86. The van der Waals surface area contributed by atoms with Crippen molar-refractivity contribution in [3.05, 3.63) is 68.7 Å². The van der Waals surface area contributed by atoms with Gasteiger partial charge in [-0.25, -0.2) is 10.0 Å². The van der Waals surface area contributed by atoms with Crippen LogP contribution in [-0.4, -0.2) is 33.9 Å². The monoisotopic (exact) mass is 426 g/mol. The number of rotatable bonds is 3. The maximum absolute atomic E-state index is 13.3. The number of halogens is 3. The smallest absolute Gasteiger partial charge is 0.267 e. The van der Waals surface area contributed by atoms with Gasteiger partial charge in [0.05, 0.1) is 15.6 Å². The van der Waals surface area contributed by atoms with E-state index in [1.54, 1.807) is 36.4 Å². The van der Waals surface area contributed by atoms with Gasteiger partial charge in [-0.1, -0.05) is 34.8 Å². The van der Waals surface area contributed by atoms with Gasteiger partial charge in [0.25, 0.3) is 11.8 Å². The van der Waals surface area contributed by atoms with Crippen LogP contribution in [0.1, 0.15) is 48.4 Å². The van der Waals surface area contributed by atoms with Crippen molar-refractivity contribution in [1.82, 2.24) is 10.0 Å². The fourth-order valence-electron chi connectivity index (χ4n) is 2.65. The lowest BCUT2D eigenvalue weighted by atomic mass is 10.1. The van der Waals surface area contributed by atoms with Gasteiger partial charge in [-0.2, -0.15) is 0 Å². The molecule has 4 nitrogen and oxygen atoms in total. The van der Waals surface area contributed by atoms with Crippen LogP contribution in [0.15, 0.2) is 42.5 Å². The summed E-state index contributed by atoms with van der Waals surface area (Å²) in [6, 6.07) is 11.2. The van der Waals surface area contributed by atoms with Crippen LogP contribution in [0.25, 0.3) is 0 Å². The molecule has 0 heterocycles. The van der Waals surface area contributed by atoms with Crippen molar-refractivity contribution in [2.45, 2.75) is 33.2 Å². The molecule has 0 fully saturated rings. The molecule has 0 N–H and O–H groups in total. The zero-order valence-corrected chi connectivity index (χ0v) is 17.9. The Balaban J connectivity index is 2.46. The summed E-state index contributed by atoms with van der Waals surface area (Å²) in [4.78, 5) is 26.3. The van der Waals surface area contributed by atoms with Gasteiger partial charge < -0.3 is 0 Å². The topological polar surface area (TPSA) is 40.6 Å². The number of benzene rings is 2. The van der Waals surface area contributed by atoms with Crippen LogP contribution < -0.4 is 0 Å². The zero-order valence-electron chi connectivity index (χ0n) is 15.6. The number of carbonyl (C=O) groups excluding carboxylic acids is 2. The predicted molar refractivity (Wildman–Crippen MR) is 111 cm³/mol. The summed E-state index contributed by atoms with van der Waals surface area (Å²) in [7, 11) is 0. The largest absolute Gasteiger partial charge is 0.273 e. The van der Waals surface area contributed by atoms with Gasteiger partial charge >= 0.3 is 0 Å². The molecule has 0 aromatic heterocycles. The van der Waals surface area contributed by atoms with Crippen LogP contribution in [-0.2, 0) is 0 Å². The Bertz CT molecular complexity index is 845. The van der Waals surface area contributed by atoms with Crippen molar-refractivity contribution in [1.29, 1.82) is 0 Å². The van der Waals surface area contributed by atoms with Gasteiger partial charge in [0.2, 0.25) is 0 Å². The average Bonchev–Trinajstić information content (AvgIpc) is 2.60. The molecule has 144 valence electrons. The van der Waals surface area contributed by atoms with E-state index in [0.717, 1.165) is 0 Å². The third-order valence-corrected chi connectivity index (χ3v) is 4.85. The summed E-state index contributed by atoms with van der Waals surface area (Å²) in [5.74, 6) is -0.636. The van der Waals surface area contributed by atoms with Crippen LogP contribution in [0, 0.1) is 0 Å². The molecule has 0 aliphatic heterocycles. The van der Waals surface area contributed by atoms with Crippen molar-refractivity contribution < 1.29 is 9.59 Å². The van der Waals surface area contributed by atoms with Crippen molar-refractivity contribution >= 4 is 46.6 Å². The van der Waals surface area contributed by atoms with Gasteiger partial charge in [-0.15, -0.1) is 0 Å². The Labute approximate surface area is 174 Å². The van der Waals surface area contributed by atoms with E-state index in [-0.39, 0.29) is 16.8 Å². The first-order valence-corrected chi connectivity index (χ1v) is 9.56. The van der Waals surface area contributed by atoms with E-state index in [4.69, 9.17) is 34.8 Å². The highest BCUT2D eigenvalue weighted by Crippen LogP contribution is 2.27. The lowest BCUT2D eigenvalue weighted by molar-refractivity contribution is -0.0410. The molecule has 2 aromatic rings. The minimum absolute atomic E-state index is 0.281. The number of hydrogen-bond acceptors (Lipinski definition) is 2. The molecule has 27 heavy (non-hydrogen) atoms. The Morgan fingerprint density at radius 1 is 0.852 bits per heavy atom. The maximum Gasteiger partial charge on any atom is 0.273 e. The summed E-state index contributed by atoms with van der Waals surface area (Å²) in [5.41, 5.74) is 0.139. The molecule has 0 bridgehead atoms. The summed E-state index contributed by atoms with van der Waals surface area (Å²) in [5, 5.41) is 4.05. The van der Waals surface area contributed by atoms with E-state index < -0.39 is 5.54 Å². The van der Waals surface area contributed by atoms with Crippen molar-refractivity contribution in [2.24, 2.45) is 0 Å². The predicted octanol–water partition coefficient (Wildman–Crippen LogP) is 5.96. The van der Waals surface area contributed by atoms with Gasteiger partial charge in [0, 0.05) is 22.7 Å². The molecule has 0 unspecified atom stereocenters. The van der Waals surface area contributed by atoms with Crippen molar-refractivity contribution in [2.75, 3.05) is 6.54 Å².